The van der Waals surface area contributed by atoms with Gasteiger partial charge in [0.2, 0.25) is 0 Å². The van der Waals surface area contributed by atoms with Crippen LogP contribution in [-0.4, -0.2) is 67.8 Å². The number of rotatable bonds is 7. The van der Waals surface area contributed by atoms with Crippen molar-refractivity contribution in [3.63, 3.8) is 0 Å². The fourth-order valence-corrected chi connectivity index (χ4v) is 2.82. The van der Waals surface area contributed by atoms with Gasteiger partial charge in [0.05, 0.1) is 13.7 Å². The van der Waals surface area contributed by atoms with Crippen LogP contribution >= 0.6 is 0 Å². The summed E-state index contributed by atoms with van der Waals surface area (Å²) in [7, 11) is 3.63. The minimum Gasteiger partial charge on any atom is -0.493 e. The molecule has 24 heavy (non-hydrogen) atoms. The summed E-state index contributed by atoms with van der Waals surface area (Å²) in [6.07, 6.45) is 0. The predicted octanol–water partition coefficient (Wildman–Crippen LogP) is 2.10. The van der Waals surface area contributed by atoms with Crippen LogP contribution in [-0.2, 0) is 4.79 Å². The van der Waals surface area contributed by atoms with Crippen molar-refractivity contribution in [1.29, 1.82) is 0 Å². The molecule has 0 aromatic heterocycles. The Labute approximate surface area is 144 Å². The van der Waals surface area contributed by atoms with E-state index in [-0.39, 0.29) is 0 Å². The predicted molar refractivity (Wildman–Crippen MR) is 92.8 cm³/mol. The van der Waals surface area contributed by atoms with E-state index in [0.29, 0.717) is 24.0 Å². The third kappa shape index (κ3) is 4.61. The van der Waals surface area contributed by atoms with E-state index in [1.165, 1.54) is 0 Å². The van der Waals surface area contributed by atoms with Gasteiger partial charge in [-0.15, -0.1) is 0 Å². The van der Waals surface area contributed by atoms with Crippen LogP contribution in [0.4, 0.5) is 0 Å². The Morgan fingerprint density at radius 3 is 2.42 bits per heavy atom. The van der Waals surface area contributed by atoms with Crippen molar-refractivity contribution in [2.24, 2.45) is 5.92 Å². The van der Waals surface area contributed by atoms with Gasteiger partial charge in [-0.25, -0.2) is 0 Å². The minimum absolute atomic E-state index is 0.409. The first kappa shape index (κ1) is 18.5. The standard InChI is InChI=1S/C18H28N2O4/c1-13(2)12-24-15-6-5-14(11-16(15)23-4)17(18(21)22)20-9-7-19(3)8-10-20/h5-6,11,13,17H,7-10,12H2,1-4H3,(H,21,22). The lowest BCUT2D eigenvalue weighted by Gasteiger charge is -2.36. The molecule has 1 N–H and O–H groups in total. The molecule has 0 radical (unpaired) electrons. The van der Waals surface area contributed by atoms with Gasteiger partial charge in [0.25, 0.3) is 0 Å². The van der Waals surface area contributed by atoms with Crippen LogP contribution in [0.1, 0.15) is 25.5 Å². The Bertz CT molecular complexity index is 554. The topological polar surface area (TPSA) is 62.2 Å². The highest BCUT2D eigenvalue weighted by Gasteiger charge is 2.30. The summed E-state index contributed by atoms with van der Waals surface area (Å²) in [5.41, 5.74) is 0.723. The highest BCUT2D eigenvalue weighted by Crippen LogP contribution is 2.33. The van der Waals surface area contributed by atoms with E-state index in [2.05, 4.69) is 25.8 Å². The van der Waals surface area contributed by atoms with Gasteiger partial charge in [-0.05, 0) is 30.7 Å². The molecule has 6 heteroatoms. The van der Waals surface area contributed by atoms with E-state index in [4.69, 9.17) is 9.47 Å². The number of likely N-dealkylation sites (N-methyl/N-ethyl adjacent to an activating group) is 1. The SMILES string of the molecule is COc1cc(C(C(=O)O)N2CCN(C)CC2)ccc1OCC(C)C. The number of ether oxygens (including phenoxy) is 2. The summed E-state index contributed by atoms with van der Waals surface area (Å²) >= 11 is 0. The number of carboxylic acid groups (broad SMARTS) is 1. The van der Waals surface area contributed by atoms with E-state index in [1.54, 1.807) is 13.2 Å². The molecule has 2 rings (SSSR count). The fourth-order valence-electron chi connectivity index (χ4n) is 2.82. The van der Waals surface area contributed by atoms with Crippen LogP contribution in [0.3, 0.4) is 0 Å². The van der Waals surface area contributed by atoms with E-state index in [9.17, 15) is 9.90 Å². The van der Waals surface area contributed by atoms with Crippen molar-refractivity contribution >= 4 is 5.97 Å². The number of nitrogens with zero attached hydrogens (tertiary/aromatic N) is 2. The molecule has 1 fully saturated rings. The first-order chi connectivity index (χ1) is 11.4. The Hall–Kier alpha value is -1.79. The lowest BCUT2D eigenvalue weighted by molar-refractivity contribution is -0.144. The van der Waals surface area contributed by atoms with Gasteiger partial charge >= 0.3 is 5.97 Å². The normalized spacial score (nSPS) is 17.7. The molecule has 0 saturated carbocycles. The molecule has 1 aromatic rings. The molecule has 0 bridgehead atoms. The Balaban J connectivity index is 2.22. The molecule has 1 saturated heterocycles. The van der Waals surface area contributed by atoms with Gasteiger partial charge in [0, 0.05) is 26.2 Å². The van der Waals surface area contributed by atoms with Gasteiger partial charge in [0.1, 0.15) is 6.04 Å². The number of hydrogen-bond donors (Lipinski definition) is 1. The molecular weight excluding hydrogens is 308 g/mol. The third-order valence-corrected chi connectivity index (χ3v) is 4.21. The zero-order valence-electron chi connectivity index (χ0n) is 15.0. The number of benzene rings is 1. The molecule has 6 nitrogen and oxygen atoms in total. The molecule has 0 aliphatic carbocycles. The average molecular weight is 336 g/mol. The van der Waals surface area contributed by atoms with Gasteiger partial charge in [-0.2, -0.15) is 0 Å². The zero-order valence-corrected chi connectivity index (χ0v) is 15.0. The van der Waals surface area contributed by atoms with Crippen LogP contribution in [0.5, 0.6) is 11.5 Å². The van der Waals surface area contributed by atoms with E-state index in [1.807, 2.05) is 17.0 Å². The molecular formula is C18H28N2O4. The smallest absolute Gasteiger partial charge is 0.325 e. The highest BCUT2D eigenvalue weighted by molar-refractivity contribution is 5.76. The molecule has 1 atom stereocenters. The molecule has 0 spiro atoms. The maximum absolute atomic E-state index is 11.9. The third-order valence-electron chi connectivity index (χ3n) is 4.21. The number of aliphatic carboxylic acids is 1. The number of hydrogen-bond acceptors (Lipinski definition) is 5. The first-order valence-corrected chi connectivity index (χ1v) is 8.38. The van der Waals surface area contributed by atoms with Crippen molar-refractivity contribution in [2.45, 2.75) is 19.9 Å². The molecule has 1 aliphatic rings. The molecule has 1 aliphatic heterocycles. The molecule has 1 unspecified atom stereocenters. The van der Waals surface area contributed by atoms with Gasteiger partial charge in [-0.3, -0.25) is 9.69 Å². The summed E-state index contributed by atoms with van der Waals surface area (Å²) < 4.78 is 11.2. The Morgan fingerprint density at radius 1 is 1.21 bits per heavy atom. The van der Waals surface area contributed by atoms with Gasteiger partial charge < -0.3 is 19.5 Å². The number of methoxy groups -OCH3 is 1. The van der Waals surface area contributed by atoms with Crippen molar-refractivity contribution in [3.8, 4) is 11.5 Å². The second kappa shape index (κ2) is 8.35. The average Bonchev–Trinajstić information content (AvgIpc) is 2.55. The van der Waals surface area contributed by atoms with Crippen LogP contribution in [0.2, 0.25) is 0 Å². The van der Waals surface area contributed by atoms with Crippen molar-refractivity contribution in [3.05, 3.63) is 23.8 Å². The maximum atomic E-state index is 11.9. The van der Waals surface area contributed by atoms with Crippen molar-refractivity contribution in [1.82, 2.24) is 9.80 Å². The van der Waals surface area contributed by atoms with E-state index < -0.39 is 12.0 Å². The van der Waals surface area contributed by atoms with Crippen molar-refractivity contribution < 1.29 is 19.4 Å². The highest BCUT2D eigenvalue weighted by atomic mass is 16.5. The maximum Gasteiger partial charge on any atom is 0.325 e. The van der Waals surface area contributed by atoms with E-state index in [0.717, 1.165) is 31.7 Å². The van der Waals surface area contributed by atoms with Gasteiger partial charge in [-0.1, -0.05) is 19.9 Å². The Kier molecular flexibility index (Phi) is 6.45. The van der Waals surface area contributed by atoms with Crippen molar-refractivity contribution in [2.75, 3.05) is 46.9 Å². The van der Waals surface area contributed by atoms with Crippen LogP contribution in [0.25, 0.3) is 0 Å². The van der Waals surface area contributed by atoms with Crippen LogP contribution < -0.4 is 9.47 Å². The molecule has 0 amide bonds. The Morgan fingerprint density at radius 2 is 1.88 bits per heavy atom. The van der Waals surface area contributed by atoms with E-state index >= 15 is 0 Å². The summed E-state index contributed by atoms with van der Waals surface area (Å²) in [5, 5.41) is 9.73. The minimum atomic E-state index is -0.836. The second-order valence-corrected chi connectivity index (χ2v) is 6.70. The molecule has 1 heterocycles. The molecule has 1 aromatic carbocycles. The summed E-state index contributed by atoms with van der Waals surface area (Å²) in [5.74, 6) is 0.801. The quantitative estimate of drug-likeness (QED) is 0.823. The van der Waals surface area contributed by atoms with Gasteiger partial charge in [0.15, 0.2) is 11.5 Å². The monoisotopic (exact) mass is 336 g/mol. The number of carbonyl (C=O) groups is 1. The zero-order chi connectivity index (χ0) is 17.7. The lowest BCUT2D eigenvalue weighted by Crippen LogP contribution is -2.47. The lowest BCUT2D eigenvalue weighted by atomic mass is 10.0. The van der Waals surface area contributed by atoms with Crippen LogP contribution in [0.15, 0.2) is 18.2 Å². The summed E-state index contributed by atoms with van der Waals surface area (Å²) in [6.45, 7) is 7.97. The molecule has 134 valence electrons. The summed E-state index contributed by atoms with van der Waals surface area (Å²) in [4.78, 5) is 16.1. The summed E-state index contributed by atoms with van der Waals surface area (Å²) in [6, 6.07) is 4.76. The second-order valence-electron chi connectivity index (χ2n) is 6.70. The number of carboxylic acids is 1. The fraction of sp³-hybridized carbons (Fsp3) is 0.611. The first-order valence-electron chi connectivity index (χ1n) is 8.38. The largest absolute Gasteiger partial charge is 0.493 e. The van der Waals surface area contributed by atoms with Crippen LogP contribution in [0, 0.1) is 5.92 Å². The number of piperazine rings is 1.